The molecule has 3 rings (SSSR count). The number of hydrogen-bond acceptors (Lipinski definition) is 5. The number of nitrogens with zero attached hydrogens (tertiary/aromatic N) is 2. The lowest BCUT2D eigenvalue weighted by atomic mass is 9.90. The second kappa shape index (κ2) is 8.57. The number of nitriles is 1. The van der Waals surface area contributed by atoms with Crippen LogP contribution in [-0.4, -0.2) is 49.9 Å². The van der Waals surface area contributed by atoms with Gasteiger partial charge < -0.3 is 10.2 Å². The topological polar surface area (TPSA) is 90.3 Å². The molecule has 2 saturated heterocycles. The van der Waals surface area contributed by atoms with Gasteiger partial charge >= 0.3 is 0 Å². The van der Waals surface area contributed by atoms with Crippen molar-refractivity contribution in [2.24, 2.45) is 5.92 Å². The number of benzene rings is 1. The van der Waals surface area contributed by atoms with Gasteiger partial charge in [0.05, 0.1) is 11.5 Å². The van der Waals surface area contributed by atoms with Crippen LogP contribution in [0.3, 0.4) is 0 Å². The van der Waals surface area contributed by atoms with E-state index in [0.717, 1.165) is 19.3 Å². The summed E-state index contributed by atoms with van der Waals surface area (Å²) in [6.07, 6.45) is 4.77. The first-order valence-electron chi connectivity index (χ1n) is 9.37. The molecular weight excluding hydrogens is 362 g/mol. The number of carbonyl (C=O) groups is 1. The number of hydrogen-bond donors (Lipinski definition) is 1. The Balaban J connectivity index is 1.51. The monoisotopic (exact) mass is 387 g/mol. The van der Waals surface area contributed by atoms with Crippen LogP contribution in [0.5, 0.6) is 0 Å². The molecule has 144 valence electrons. The number of carbonyl (C=O) groups excluding carboxylic acids is 1. The number of piperidine rings is 1. The van der Waals surface area contributed by atoms with Gasteiger partial charge in [0, 0.05) is 25.3 Å². The number of amides is 1. The van der Waals surface area contributed by atoms with E-state index in [4.69, 9.17) is 0 Å². The van der Waals surface area contributed by atoms with Gasteiger partial charge in [0.2, 0.25) is 0 Å². The fourth-order valence-electron chi connectivity index (χ4n) is 3.73. The molecule has 2 heterocycles. The Morgan fingerprint density at radius 2 is 1.93 bits per heavy atom. The molecule has 0 saturated carbocycles. The molecule has 0 aromatic heterocycles. The van der Waals surface area contributed by atoms with Crippen molar-refractivity contribution in [2.45, 2.75) is 31.7 Å². The smallest absolute Gasteiger partial charge is 0.265 e. The summed E-state index contributed by atoms with van der Waals surface area (Å²) in [7, 11) is -2.99. The van der Waals surface area contributed by atoms with Gasteiger partial charge in [-0.2, -0.15) is 5.26 Å². The van der Waals surface area contributed by atoms with Gasteiger partial charge in [0.1, 0.15) is 11.6 Å². The van der Waals surface area contributed by atoms with Crippen molar-refractivity contribution in [3.63, 3.8) is 0 Å². The lowest BCUT2D eigenvalue weighted by Gasteiger charge is -2.32. The average Bonchev–Trinajstić information content (AvgIpc) is 3.02. The van der Waals surface area contributed by atoms with Gasteiger partial charge in [0.25, 0.3) is 5.91 Å². The van der Waals surface area contributed by atoms with Crippen molar-refractivity contribution in [3.05, 3.63) is 47.7 Å². The number of likely N-dealkylation sites (tertiary alicyclic amines) is 1. The molecule has 0 radical (unpaired) electrons. The Kier molecular flexibility index (Phi) is 6.17. The molecule has 1 amide bonds. The molecule has 27 heavy (non-hydrogen) atoms. The van der Waals surface area contributed by atoms with E-state index in [1.807, 2.05) is 24.3 Å². The van der Waals surface area contributed by atoms with Crippen molar-refractivity contribution in [1.82, 2.24) is 10.2 Å². The third-order valence-electron chi connectivity index (χ3n) is 5.32. The lowest BCUT2D eigenvalue weighted by Crippen LogP contribution is -2.40. The van der Waals surface area contributed by atoms with E-state index in [0.29, 0.717) is 25.4 Å². The Morgan fingerprint density at radius 3 is 2.52 bits per heavy atom. The van der Waals surface area contributed by atoms with Crippen LogP contribution < -0.4 is 5.32 Å². The van der Waals surface area contributed by atoms with Crippen molar-refractivity contribution in [1.29, 1.82) is 5.26 Å². The van der Waals surface area contributed by atoms with E-state index < -0.39 is 9.84 Å². The minimum Gasteiger partial charge on any atom is -0.386 e. The van der Waals surface area contributed by atoms with Gasteiger partial charge in [-0.05, 0) is 37.2 Å². The Bertz CT molecular complexity index is 835. The molecule has 1 aromatic carbocycles. The van der Waals surface area contributed by atoms with Gasteiger partial charge in [-0.3, -0.25) is 4.79 Å². The third kappa shape index (κ3) is 5.33. The zero-order valence-corrected chi connectivity index (χ0v) is 16.1. The van der Waals surface area contributed by atoms with Crippen molar-refractivity contribution in [2.75, 3.05) is 24.6 Å². The normalized spacial score (nSPS) is 23.0. The number of nitrogens with one attached hydrogen (secondary N) is 1. The third-order valence-corrected chi connectivity index (χ3v) is 7.08. The summed E-state index contributed by atoms with van der Waals surface area (Å²) in [5, 5.41) is 12.3. The molecule has 2 aliphatic heterocycles. The van der Waals surface area contributed by atoms with Crippen molar-refractivity contribution >= 4 is 15.7 Å². The molecule has 0 bridgehead atoms. The zero-order chi connectivity index (χ0) is 19.3. The molecule has 1 atom stereocenters. The predicted octanol–water partition coefficient (Wildman–Crippen LogP) is 1.65. The molecule has 0 spiro atoms. The number of sulfone groups is 1. The highest BCUT2D eigenvalue weighted by molar-refractivity contribution is 7.91. The minimum atomic E-state index is -2.99. The maximum atomic E-state index is 12.6. The Hall–Kier alpha value is -2.33. The van der Waals surface area contributed by atoms with Gasteiger partial charge in [-0.1, -0.05) is 30.3 Å². The standard InChI is InChI=1S/C20H25N3O3S/c21-13-18(14-22-19-8-11-27(25,26)15-19)20(24)23-9-6-17(7-10-23)12-16-4-2-1-3-5-16/h1-5,14,17,19,22H,6-12,15H2/b18-14-. The van der Waals surface area contributed by atoms with Crippen LogP contribution in [0.2, 0.25) is 0 Å². The first kappa shape index (κ1) is 19.4. The summed E-state index contributed by atoms with van der Waals surface area (Å²) in [4.78, 5) is 14.3. The largest absolute Gasteiger partial charge is 0.386 e. The van der Waals surface area contributed by atoms with Gasteiger partial charge in [-0.25, -0.2) is 8.42 Å². The maximum absolute atomic E-state index is 12.6. The lowest BCUT2D eigenvalue weighted by molar-refractivity contribution is -0.128. The summed E-state index contributed by atoms with van der Waals surface area (Å²) in [5.41, 5.74) is 1.36. The fourth-order valence-corrected chi connectivity index (χ4v) is 5.41. The second-order valence-corrected chi connectivity index (χ2v) is 9.59. The van der Waals surface area contributed by atoms with Gasteiger partial charge in [-0.15, -0.1) is 0 Å². The fraction of sp³-hybridized carbons (Fsp3) is 0.500. The summed E-state index contributed by atoms with van der Waals surface area (Å²) >= 11 is 0. The first-order valence-corrected chi connectivity index (χ1v) is 11.2. The van der Waals surface area contributed by atoms with E-state index in [2.05, 4.69) is 17.4 Å². The molecule has 1 aromatic rings. The number of rotatable bonds is 5. The van der Waals surface area contributed by atoms with Crippen LogP contribution >= 0.6 is 0 Å². The molecule has 0 aliphatic carbocycles. The molecule has 2 aliphatic rings. The zero-order valence-electron chi connectivity index (χ0n) is 15.3. The van der Waals surface area contributed by atoms with E-state index in [9.17, 15) is 18.5 Å². The molecule has 7 heteroatoms. The van der Waals surface area contributed by atoms with E-state index in [1.54, 1.807) is 4.90 Å². The predicted molar refractivity (Wildman–Crippen MR) is 103 cm³/mol. The molecule has 1 N–H and O–H groups in total. The summed E-state index contributed by atoms with van der Waals surface area (Å²) in [6.45, 7) is 1.29. The summed E-state index contributed by atoms with van der Waals surface area (Å²) in [6, 6.07) is 12.1. The molecule has 1 unspecified atom stereocenters. The SMILES string of the molecule is N#C/C(=C/NC1CCS(=O)(=O)C1)C(=O)N1CCC(Cc2ccccc2)CC1. The Labute approximate surface area is 160 Å². The first-order chi connectivity index (χ1) is 13.0. The van der Waals surface area contributed by atoms with Crippen molar-refractivity contribution in [3.8, 4) is 6.07 Å². The van der Waals surface area contributed by atoms with Crippen LogP contribution in [0.1, 0.15) is 24.8 Å². The van der Waals surface area contributed by atoms with E-state index in [1.165, 1.54) is 11.8 Å². The minimum absolute atomic E-state index is 0.0424. The second-order valence-electron chi connectivity index (χ2n) is 7.36. The van der Waals surface area contributed by atoms with Crippen LogP contribution in [-0.2, 0) is 21.1 Å². The van der Waals surface area contributed by atoms with Crippen LogP contribution in [0.25, 0.3) is 0 Å². The molecule has 2 fully saturated rings. The quantitative estimate of drug-likeness (QED) is 0.613. The van der Waals surface area contributed by atoms with E-state index in [-0.39, 0.29) is 29.0 Å². The highest BCUT2D eigenvalue weighted by atomic mass is 32.2. The van der Waals surface area contributed by atoms with Crippen LogP contribution in [0.15, 0.2) is 42.1 Å². The van der Waals surface area contributed by atoms with Crippen LogP contribution in [0.4, 0.5) is 0 Å². The highest BCUT2D eigenvalue weighted by Gasteiger charge is 2.28. The highest BCUT2D eigenvalue weighted by Crippen LogP contribution is 2.22. The average molecular weight is 388 g/mol. The van der Waals surface area contributed by atoms with Gasteiger partial charge in [0.15, 0.2) is 9.84 Å². The summed E-state index contributed by atoms with van der Waals surface area (Å²) < 4.78 is 23.0. The molecular formula is C20H25N3O3S. The molecule has 6 nitrogen and oxygen atoms in total. The maximum Gasteiger partial charge on any atom is 0.265 e. The Morgan fingerprint density at radius 1 is 1.22 bits per heavy atom. The van der Waals surface area contributed by atoms with Crippen LogP contribution in [0, 0.1) is 17.2 Å². The van der Waals surface area contributed by atoms with Crippen molar-refractivity contribution < 1.29 is 13.2 Å². The summed E-state index contributed by atoms with van der Waals surface area (Å²) in [5.74, 6) is 0.488. The van der Waals surface area contributed by atoms with E-state index >= 15 is 0 Å².